The van der Waals surface area contributed by atoms with Crippen molar-refractivity contribution in [1.29, 1.82) is 0 Å². The molecule has 0 radical (unpaired) electrons. The SMILES string of the molecule is CC=CC=CC(=O)C1=CC(C)(O)C(=O)C(C)=C1O. The largest absolute Gasteiger partial charge is 0.507 e. The number of Topliss-reactive ketones (excluding diaryl/α,β-unsaturated/α-hetero) is 1. The third-order valence-electron chi connectivity index (χ3n) is 2.65. The number of allylic oxidation sites excluding steroid dienone is 5. The van der Waals surface area contributed by atoms with E-state index in [0.717, 1.165) is 6.08 Å². The highest BCUT2D eigenvalue weighted by molar-refractivity contribution is 6.13. The zero-order chi connectivity index (χ0) is 13.9. The normalized spacial score (nSPS) is 25.1. The lowest BCUT2D eigenvalue weighted by Gasteiger charge is -2.24. The molecule has 0 amide bonds. The van der Waals surface area contributed by atoms with Gasteiger partial charge in [-0.2, -0.15) is 0 Å². The van der Waals surface area contributed by atoms with Crippen molar-refractivity contribution in [3.63, 3.8) is 0 Å². The van der Waals surface area contributed by atoms with Gasteiger partial charge in [-0.25, -0.2) is 0 Å². The first-order valence-corrected chi connectivity index (χ1v) is 5.55. The number of carbonyl (C=O) groups excluding carboxylic acids is 2. The number of hydrogen-bond acceptors (Lipinski definition) is 4. The van der Waals surface area contributed by atoms with Gasteiger partial charge in [0, 0.05) is 5.57 Å². The van der Waals surface area contributed by atoms with E-state index in [1.165, 1.54) is 26.0 Å². The fourth-order valence-corrected chi connectivity index (χ4v) is 1.64. The maximum Gasteiger partial charge on any atom is 0.197 e. The summed E-state index contributed by atoms with van der Waals surface area (Å²) in [7, 11) is 0. The summed E-state index contributed by atoms with van der Waals surface area (Å²) in [5.41, 5.74) is -1.82. The topological polar surface area (TPSA) is 74.6 Å². The van der Waals surface area contributed by atoms with Gasteiger partial charge in [0.05, 0.1) is 5.57 Å². The van der Waals surface area contributed by atoms with Crippen molar-refractivity contribution >= 4 is 11.6 Å². The van der Waals surface area contributed by atoms with Gasteiger partial charge in [0.1, 0.15) is 11.4 Å². The lowest BCUT2D eigenvalue weighted by molar-refractivity contribution is -0.128. The van der Waals surface area contributed by atoms with Crippen LogP contribution >= 0.6 is 0 Å². The molecule has 0 spiro atoms. The molecule has 1 rings (SSSR count). The van der Waals surface area contributed by atoms with E-state index in [1.807, 2.05) is 0 Å². The van der Waals surface area contributed by atoms with Gasteiger partial charge in [0.15, 0.2) is 11.6 Å². The molecule has 96 valence electrons. The number of rotatable bonds is 3. The van der Waals surface area contributed by atoms with Gasteiger partial charge in [-0.1, -0.05) is 18.2 Å². The smallest absolute Gasteiger partial charge is 0.197 e. The number of carbonyl (C=O) groups is 2. The molecule has 0 aliphatic heterocycles. The van der Waals surface area contributed by atoms with E-state index in [4.69, 9.17) is 0 Å². The highest BCUT2D eigenvalue weighted by atomic mass is 16.3. The summed E-state index contributed by atoms with van der Waals surface area (Å²) >= 11 is 0. The van der Waals surface area contributed by atoms with Crippen LogP contribution in [-0.4, -0.2) is 27.4 Å². The molecule has 18 heavy (non-hydrogen) atoms. The van der Waals surface area contributed by atoms with Crippen LogP contribution in [0.1, 0.15) is 20.8 Å². The lowest BCUT2D eigenvalue weighted by Crippen LogP contribution is -2.38. The predicted octanol–water partition coefficient (Wildman–Crippen LogP) is 1.78. The van der Waals surface area contributed by atoms with Crippen LogP contribution in [0.15, 0.2) is 47.3 Å². The Labute approximate surface area is 106 Å². The van der Waals surface area contributed by atoms with E-state index in [9.17, 15) is 19.8 Å². The zero-order valence-corrected chi connectivity index (χ0v) is 10.6. The Balaban J connectivity index is 3.16. The summed E-state index contributed by atoms with van der Waals surface area (Å²) in [4.78, 5) is 23.5. The van der Waals surface area contributed by atoms with Crippen molar-refractivity contribution in [2.45, 2.75) is 26.4 Å². The third-order valence-corrected chi connectivity index (χ3v) is 2.65. The number of hydrogen-bond donors (Lipinski definition) is 2. The standard InChI is InChI=1S/C14H16O4/c1-4-5-6-7-11(15)10-8-14(3,18)13(17)9(2)12(10)16/h4-8,16,18H,1-3H3. The first-order chi connectivity index (χ1) is 8.31. The minimum absolute atomic E-state index is 0.00900. The highest BCUT2D eigenvalue weighted by Crippen LogP contribution is 2.27. The summed E-state index contributed by atoms with van der Waals surface area (Å²) < 4.78 is 0. The zero-order valence-electron chi connectivity index (χ0n) is 10.6. The predicted molar refractivity (Wildman–Crippen MR) is 68.0 cm³/mol. The molecule has 1 unspecified atom stereocenters. The van der Waals surface area contributed by atoms with Crippen molar-refractivity contribution in [2.24, 2.45) is 0 Å². The Bertz CT molecular complexity index is 502. The Morgan fingerprint density at radius 1 is 1.39 bits per heavy atom. The summed E-state index contributed by atoms with van der Waals surface area (Å²) in [5.74, 6) is -1.44. The molecule has 0 aromatic rings. The summed E-state index contributed by atoms with van der Waals surface area (Å²) in [6.07, 6.45) is 7.29. The monoisotopic (exact) mass is 248 g/mol. The first kappa shape index (κ1) is 14.1. The summed E-state index contributed by atoms with van der Waals surface area (Å²) in [6, 6.07) is 0. The van der Waals surface area contributed by atoms with Gasteiger partial charge in [-0.15, -0.1) is 0 Å². The highest BCUT2D eigenvalue weighted by Gasteiger charge is 2.37. The van der Waals surface area contributed by atoms with Crippen LogP contribution in [0.4, 0.5) is 0 Å². The first-order valence-electron chi connectivity index (χ1n) is 5.55. The van der Waals surface area contributed by atoms with Crippen molar-refractivity contribution < 1.29 is 19.8 Å². The van der Waals surface area contributed by atoms with Crippen LogP contribution in [0.3, 0.4) is 0 Å². The Morgan fingerprint density at radius 3 is 2.56 bits per heavy atom. The van der Waals surface area contributed by atoms with E-state index < -0.39 is 17.2 Å². The maximum absolute atomic E-state index is 11.8. The van der Waals surface area contributed by atoms with Crippen molar-refractivity contribution in [3.8, 4) is 0 Å². The second-order valence-electron chi connectivity index (χ2n) is 4.26. The van der Waals surface area contributed by atoms with Gasteiger partial charge in [-0.3, -0.25) is 9.59 Å². The molecule has 0 fully saturated rings. The minimum Gasteiger partial charge on any atom is -0.507 e. The number of ketones is 2. The van der Waals surface area contributed by atoms with Crippen LogP contribution in [0, 0.1) is 0 Å². The van der Waals surface area contributed by atoms with E-state index in [0.29, 0.717) is 0 Å². The molecule has 1 aliphatic rings. The molecular weight excluding hydrogens is 232 g/mol. The number of aliphatic hydroxyl groups is 2. The average molecular weight is 248 g/mol. The Kier molecular flexibility index (Phi) is 4.03. The molecule has 0 aromatic carbocycles. The molecule has 0 aromatic heterocycles. The quantitative estimate of drug-likeness (QED) is 0.589. The molecule has 1 aliphatic carbocycles. The molecule has 0 saturated carbocycles. The minimum atomic E-state index is -1.75. The van der Waals surface area contributed by atoms with Gasteiger partial charge < -0.3 is 10.2 Å². The molecule has 0 heterocycles. The summed E-state index contributed by atoms with van der Waals surface area (Å²) in [6.45, 7) is 4.47. The van der Waals surface area contributed by atoms with Crippen LogP contribution in [0.5, 0.6) is 0 Å². The second kappa shape index (κ2) is 5.14. The second-order valence-corrected chi connectivity index (χ2v) is 4.26. The maximum atomic E-state index is 11.8. The van der Waals surface area contributed by atoms with Crippen molar-refractivity contribution in [2.75, 3.05) is 0 Å². The molecular formula is C14H16O4. The van der Waals surface area contributed by atoms with Crippen LogP contribution in [0.2, 0.25) is 0 Å². The Hall–Kier alpha value is -1.94. The van der Waals surface area contributed by atoms with Gasteiger partial charge in [0.2, 0.25) is 0 Å². The molecule has 4 nitrogen and oxygen atoms in total. The van der Waals surface area contributed by atoms with Crippen LogP contribution in [-0.2, 0) is 9.59 Å². The fourth-order valence-electron chi connectivity index (χ4n) is 1.64. The van der Waals surface area contributed by atoms with E-state index >= 15 is 0 Å². The Morgan fingerprint density at radius 2 is 2.00 bits per heavy atom. The fraction of sp³-hybridized carbons (Fsp3) is 0.286. The lowest BCUT2D eigenvalue weighted by atomic mass is 9.84. The van der Waals surface area contributed by atoms with Gasteiger partial charge >= 0.3 is 0 Å². The van der Waals surface area contributed by atoms with Crippen LogP contribution < -0.4 is 0 Å². The van der Waals surface area contributed by atoms with E-state index in [-0.39, 0.29) is 16.9 Å². The average Bonchev–Trinajstić information content (AvgIpc) is 2.32. The summed E-state index contributed by atoms with van der Waals surface area (Å²) in [5, 5.41) is 19.6. The molecule has 4 heteroatoms. The molecule has 1 atom stereocenters. The van der Waals surface area contributed by atoms with Gasteiger partial charge in [0.25, 0.3) is 0 Å². The van der Waals surface area contributed by atoms with Gasteiger partial charge in [-0.05, 0) is 32.9 Å². The third kappa shape index (κ3) is 2.65. The molecule has 0 saturated heterocycles. The van der Waals surface area contributed by atoms with Crippen molar-refractivity contribution in [1.82, 2.24) is 0 Å². The number of aliphatic hydroxyl groups excluding tert-OH is 1. The van der Waals surface area contributed by atoms with Crippen LogP contribution in [0.25, 0.3) is 0 Å². The van der Waals surface area contributed by atoms with Crippen molar-refractivity contribution in [3.05, 3.63) is 47.3 Å². The molecule has 2 N–H and O–H groups in total. The van der Waals surface area contributed by atoms with E-state index in [1.54, 1.807) is 19.1 Å². The van der Waals surface area contributed by atoms with E-state index in [2.05, 4.69) is 0 Å². The molecule has 0 bridgehead atoms.